The molecule has 0 spiro atoms. The number of rotatable bonds is 7. The highest BCUT2D eigenvalue weighted by Gasteiger charge is 2.26. The Morgan fingerprint density at radius 2 is 1.97 bits per heavy atom. The smallest absolute Gasteiger partial charge is 0.222 e. The number of amides is 1. The van der Waals surface area contributed by atoms with Crippen molar-refractivity contribution in [3.63, 3.8) is 0 Å². The lowest BCUT2D eigenvalue weighted by atomic mass is 10.1. The number of pyridine rings is 1. The molecule has 1 saturated heterocycles. The molecule has 0 saturated carbocycles. The number of ether oxygens (including phenoxy) is 1. The molecule has 0 radical (unpaired) electrons. The van der Waals surface area contributed by atoms with Crippen molar-refractivity contribution in [1.29, 1.82) is 0 Å². The molecule has 1 N–H and O–H groups in total. The maximum Gasteiger partial charge on any atom is 0.222 e. The summed E-state index contributed by atoms with van der Waals surface area (Å²) in [6, 6.07) is 12.2. The van der Waals surface area contributed by atoms with Crippen molar-refractivity contribution < 1.29 is 17.9 Å². The Bertz CT molecular complexity index is 1100. The van der Waals surface area contributed by atoms with E-state index in [0.717, 1.165) is 16.8 Å². The third-order valence-corrected chi connectivity index (χ3v) is 7.09. The van der Waals surface area contributed by atoms with Crippen LogP contribution in [-0.4, -0.2) is 59.9 Å². The van der Waals surface area contributed by atoms with Crippen molar-refractivity contribution in [3.8, 4) is 11.1 Å². The summed E-state index contributed by atoms with van der Waals surface area (Å²) in [5, 5.41) is 6.71. The van der Waals surface area contributed by atoms with Gasteiger partial charge in [-0.15, -0.1) is 0 Å². The van der Waals surface area contributed by atoms with Crippen LogP contribution in [0, 0.1) is 0 Å². The van der Waals surface area contributed by atoms with E-state index in [2.05, 4.69) is 15.2 Å². The fourth-order valence-corrected chi connectivity index (χ4v) is 4.88. The summed E-state index contributed by atoms with van der Waals surface area (Å²) in [6.07, 6.45) is 5.46. The highest BCUT2D eigenvalue weighted by Crippen LogP contribution is 2.24. The first-order valence-corrected chi connectivity index (χ1v) is 11.8. The minimum atomic E-state index is -3.38. The van der Waals surface area contributed by atoms with Crippen molar-refractivity contribution in [3.05, 3.63) is 66.7 Å². The molecule has 1 amide bonds. The number of benzene rings is 1. The summed E-state index contributed by atoms with van der Waals surface area (Å²) in [5.41, 5.74) is 2.66. The molecule has 1 aromatic carbocycles. The van der Waals surface area contributed by atoms with Crippen LogP contribution in [0.1, 0.15) is 24.6 Å². The van der Waals surface area contributed by atoms with Crippen LogP contribution in [-0.2, 0) is 19.4 Å². The number of nitrogens with zero attached hydrogens (tertiary/aromatic N) is 3. The Hall–Kier alpha value is -3.04. The number of aromatic nitrogens is 3. The fourth-order valence-electron chi connectivity index (χ4n) is 3.55. The number of H-pyrrole nitrogens is 1. The summed E-state index contributed by atoms with van der Waals surface area (Å²) in [4.78, 5) is 19.2. The molecule has 9 heteroatoms. The molecule has 4 rings (SSSR count). The van der Waals surface area contributed by atoms with Gasteiger partial charge in [0.2, 0.25) is 5.91 Å². The number of hydrogen-bond acceptors (Lipinski definition) is 6. The maximum absolute atomic E-state index is 12.7. The van der Waals surface area contributed by atoms with E-state index in [0.29, 0.717) is 24.6 Å². The van der Waals surface area contributed by atoms with Crippen molar-refractivity contribution >= 4 is 15.7 Å². The Kier molecular flexibility index (Phi) is 6.43. The number of carbonyl (C=O) groups excluding carboxylic acids is 1. The van der Waals surface area contributed by atoms with Gasteiger partial charge in [0.05, 0.1) is 35.7 Å². The zero-order valence-electron chi connectivity index (χ0n) is 17.0. The summed E-state index contributed by atoms with van der Waals surface area (Å²) >= 11 is 0. The predicted octanol–water partition coefficient (Wildman–Crippen LogP) is 2.63. The van der Waals surface area contributed by atoms with Gasteiger partial charge < -0.3 is 9.64 Å². The molecule has 1 aliphatic rings. The molecule has 31 heavy (non-hydrogen) atoms. The van der Waals surface area contributed by atoms with Gasteiger partial charge in [-0.05, 0) is 24.6 Å². The molecular formula is C22H24N4O4S. The number of sulfone groups is 1. The molecule has 8 nitrogen and oxygen atoms in total. The first-order valence-electron chi connectivity index (χ1n) is 10.2. The van der Waals surface area contributed by atoms with Crippen molar-refractivity contribution in [1.82, 2.24) is 20.1 Å². The second-order valence-corrected chi connectivity index (χ2v) is 9.50. The van der Waals surface area contributed by atoms with E-state index in [1.165, 1.54) is 0 Å². The lowest BCUT2D eigenvalue weighted by Crippen LogP contribution is -2.42. The highest BCUT2D eigenvalue weighted by atomic mass is 32.2. The van der Waals surface area contributed by atoms with Crippen LogP contribution in [0.2, 0.25) is 0 Å². The van der Waals surface area contributed by atoms with Crippen LogP contribution in [0.3, 0.4) is 0 Å². The summed E-state index contributed by atoms with van der Waals surface area (Å²) in [6.45, 7) is 1.32. The molecule has 0 bridgehead atoms. The van der Waals surface area contributed by atoms with Gasteiger partial charge in [0.25, 0.3) is 0 Å². The fraction of sp³-hybridized carbons (Fsp3) is 0.318. The third-order valence-electron chi connectivity index (χ3n) is 5.27. The van der Waals surface area contributed by atoms with Gasteiger partial charge in [-0.2, -0.15) is 5.10 Å². The molecule has 162 valence electrons. The monoisotopic (exact) mass is 440 g/mol. The quantitative estimate of drug-likeness (QED) is 0.606. The summed E-state index contributed by atoms with van der Waals surface area (Å²) in [7, 11) is -3.38. The zero-order valence-corrected chi connectivity index (χ0v) is 17.8. The second-order valence-electron chi connectivity index (χ2n) is 7.39. The van der Waals surface area contributed by atoms with Gasteiger partial charge in [-0.25, -0.2) is 8.42 Å². The van der Waals surface area contributed by atoms with Crippen molar-refractivity contribution in [2.24, 2.45) is 0 Å². The topological polar surface area (TPSA) is 105 Å². The highest BCUT2D eigenvalue weighted by molar-refractivity contribution is 7.91. The van der Waals surface area contributed by atoms with E-state index in [1.807, 2.05) is 12.1 Å². The van der Waals surface area contributed by atoms with Crippen molar-refractivity contribution in [2.45, 2.75) is 23.8 Å². The number of nitrogens with one attached hydrogen (secondary N) is 1. The molecule has 1 aliphatic heterocycles. The first kappa shape index (κ1) is 21.2. The molecule has 1 atom stereocenters. The molecule has 3 heterocycles. The van der Waals surface area contributed by atoms with E-state index in [1.54, 1.807) is 53.8 Å². The van der Waals surface area contributed by atoms with Gasteiger partial charge >= 0.3 is 0 Å². The minimum Gasteiger partial charge on any atom is -0.368 e. The van der Waals surface area contributed by atoms with E-state index in [9.17, 15) is 13.2 Å². The molecule has 1 fully saturated rings. The third kappa shape index (κ3) is 5.18. The zero-order chi connectivity index (χ0) is 21.7. The molecular weight excluding hydrogens is 416 g/mol. The predicted molar refractivity (Wildman–Crippen MR) is 115 cm³/mol. The average molecular weight is 441 g/mol. The lowest BCUT2D eigenvalue weighted by Gasteiger charge is -2.32. The Balaban J connectivity index is 1.31. The first-order chi connectivity index (χ1) is 15.0. The van der Waals surface area contributed by atoms with Crippen LogP contribution in [0.5, 0.6) is 0 Å². The lowest BCUT2D eigenvalue weighted by molar-refractivity contribution is -0.139. The van der Waals surface area contributed by atoms with Crippen LogP contribution >= 0.6 is 0 Å². The van der Waals surface area contributed by atoms with Gasteiger partial charge in [0.15, 0.2) is 9.84 Å². The van der Waals surface area contributed by atoms with E-state index in [-0.39, 0.29) is 30.6 Å². The Labute approximate surface area is 181 Å². The standard InChI is InChI=1S/C22H24N4O4S/c27-22(7-4-12-31(28,29)19-5-2-1-3-6-19)26-10-11-30-21(16-26)20-9-8-17(13-23-20)18-14-24-25-15-18/h1-3,5-6,8-9,13-15,21H,4,7,10-12,16H2,(H,24,25)/t21-/m0/s1. The normalized spacial score (nSPS) is 16.9. The largest absolute Gasteiger partial charge is 0.368 e. The van der Waals surface area contributed by atoms with Crippen LogP contribution < -0.4 is 0 Å². The Morgan fingerprint density at radius 3 is 2.68 bits per heavy atom. The van der Waals surface area contributed by atoms with Gasteiger partial charge in [0.1, 0.15) is 6.10 Å². The summed E-state index contributed by atoms with van der Waals surface area (Å²) < 4.78 is 30.6. The molecule has 3 aromatic rings. The maximum atomic E-state index is 12.7. The number of aromatic amines is 1. The van der Waals surface area contributed by atoms with Crippen LogP contribution in [0.15, 0.2) is 66.0 Å². The molecule has 0 aliphatic carbocycles. The number of morpholine rings is 1. The van der Waals surface area contributed by atoms with Crippen molar-refractivity contribution in [2.75, 3.05) is 25.4 Å². The van der Waals surface area contributed by atoms with Gasteiger partial charge in [0, 0.05) is 36.5 Å². The molecule has 2 aromatic heterocycles. The Morgan fingerprint density at radius 1 is 1.13 bits per heavy atom. The minimum absolute atomic E-state index is 0.0481. The second kappa shape index (κ2) is 9.40. The van der Waals surface area contributed by atoms with Gasteiger partial charge in [-0.1, -0.05) is 24.3 Å². The van der Waals surface area contributed by atoms with Crippen LogP contribution in [0.25, 0.3) is 11.1 Å². The summed E-state index contributed by atoms with van der Waals surface area (Å²) in [5.74, 6) is -0.111. The number of carbonyl (C=O) groups is 1. The average Bonchev–Trinajstić information content (AvgIpc) is 3.35. The SMILES string of the molecule is O=C(CCCS(=O)(=O)c1ccccc1)N1CCO[C@H](c2ccc(-c3cn[nH]c3)cn2)C1. The molecule has 0 unspecified atom stereocenters. The van der Waals surface area contributed by atoms with Crippen LogP contribution in [0.4, 0.5) is 0 Å². The van der Waals surface area contributed by atoms with E-state index >= 15 is 0 Å². The number of hydrogen-bond donors (Lipinski definition) is 1. The van der Waals surface area contributed by atoms with E-state index < -0.39 is 9.84 Å². The van der Waals surface area contributed by atoms with Gasteiger partial charge in [-0.3, -0.25) is 14.9 Å². The van der Waals surface area contributed by atoms with E-state index in [4.69, 9.17) is 4.74 Å².